The van der Waals surface area contributed by atoms with E-state index in [4.69, 9.17) is 0 Å². The molecule has 4 heteroatoms. The van der Waals surface area contributed by atoms with Gasteiger partial charge in [0, 0.05) is 20.3 Å². The predicted molar refractivity (Wildman–Crippen MR) is 53.0 cm³/mol. The van der Waals surface area contributed by atoms with E-state index in [2.05, 4.69) is 15.0 Å². The summed E-state index contributed by atoms with van der Waals surface area (Å²) in [5.41, 5.74) is 0.899. The Kier molecular flexibility index (Phi) is 1.69. The van der Waals surface area contributed by atoms with Gasteiger partial charge in [-0.2, -0.15) is 0 Å². The standard InChI is InChI=1S/C9H12N4/c1-6-11-8-7(4-5-10-8)9(12-6)13(2)3/h4-5H,1-3H3,(H,10,11,12). The molecule has 0 radical (unpaired) electrons. The van der Waals surface area contributed by atoms with Crippen molar-refractivity contribution in [3.05, 3.63) is 18.1 Å². The summed E-state index contributed by atoms with van der Waals surface area (Å²) in [7, 11) is 3.96. The normalized spacial score (nSPS) is 10.7. The van der Waals surface area contributed by atoms with Gasteiger partial charge in [-0.3, -0.25) is 0 Å². The summed E-state index contributed by atoms with van der Waals surface area (Å²) in [5.74, 6) is 1.75. The number of hydrogen-bond donors (Lipinski definition) is 1. The molecule has 0 fully saturated rings. The maximum atomic E-state index is 4.37. The van der Waals surface area contributed by atoms with Gasteiger partial charge in [0.1, 0.15) is 17.3 Å². The number of rotatable bonds is 1. The summed E-state index contributed by atoms with van der Waals surface area (Å²) in [5, 5.41) is 1.07. The highest BCUT2D eigenvalue weighted by Crippen LogP contribution is 2.20. The van der Waals surface area contributed by atoms with Crippen LogP contribution in [0.3, 0.4) is 0 Å². The van der Waals surface area contributed by atoms with Gasteiger partial charge >= 0.3 is 0 Å². The maximum absolute atomic E-state index is 4.37. The molecule has 0 spiro atoms. The summed E-state index contributed by atoms with van der Waals surface area (Å²) in [6.07, 6.45) is 1.88. The molecule has 2 aromatic heterocycles. The zero-order chi connectivity index (χ0) is 9.42. The van der Waals surface area contributed by atoms with Gasteiger partial charge in [0.2, 0.25) is 0 Å². The smallest absolute Gasteiger partial charge is 0.143 e. The summed E-state index contributed by atoms with van der Waals surface area (Å²) >= 11 is 0. The van der Waals surface area contributed by atoms with Crippen molar-refractivity contribution in [1.29, 1.82) is 0 Å². The Morgan fingerprint density at radius 3 is 2.77 bits per heavy atom. The van der Waals surface area contributed by atoms with Crippen LogP contribution in [-0.4, -0.2) is 29.0 Å². The van der Waals surface area contributed by atoms with E-state index in [1.807, 2.05) is 38.2 Å². The van der Waals surface area contributed by atoms with E-state index < -0.39 is 0 Å². The van der Waals surface area contributed by atoms with Gasteiger partial charge in [0.25, 0.3) is 0 Å². The number of fused-ring (bicyclic) bond motifs is 1. The average Bonchev–Trinajstić information content (AvgIpc) is 2.49. The molecule has 0 saturated carbocycles. The van der Waals surface area contributed by atoms with Gasteiger partial charge in [0.05, 0.1) is 5.39 Å². The fraction of sp³-hybridized carbons (Fsp3) is 0.333. The van der Waals surface area contributed by atoms with Crippen molar-refractivity contribution >= 4 is 16.9 Å². The molecule has 68 valence electrons. The van der Waals surface area contributed by atoms with E-state index in [1.54, 1.807) is 0 Å². The Balaban J connectivity index is 2.77. The lowest BCUT2D eigenvalue weighted by molar-refractivity contribution is 1.01. The van der Waals surface area contributed by atoms with E-state index in [9.17, 15) is 0 Å². The lowest BCUT2D eigenvalue weighted by Crippen LogP contribution is -2.12. The minimum Gasteiger partial charge on any atom is -0.362 e. The van der Waals surface area contributed by atoms with Crippen molar-refractivity contribution < 1.29 is 0 Å². The molecule has 0 bridgehead atoms. The highest BCUT2D eigenvalue weighted by atomic mass is 15.2. The Labute approximate surface area is 76.6 Å². The largest absolute Gasteiger partial charge is 0.362 e. The van der Waals surface area contributed by atoms with E-state index in [1.165, 1.54) is 0 Å². The van der Waals surface area contributed by atoms with E-state index in [0.29, 0.717) is 0 Å². The van der Waals surface area contributed by atoms with Crippen LogP contribution in [0.2, 0.25) is 0 Å². The van der Waals surface area contributed by atoms with Gasteiger partial charge in [-0.05, 0) is 13.0 Å². The van der Waals surface area contributed by atoms with Crippen molar-refractivity contribution in [2.24, 2.45) is 0 Å². The molecule has 0 unspecified atom stereocenters. The Bertz CT molecular complexity index is 430. The van der Waals surface area contributed by atoms with Crippen LogP contribution in [0.15, 0.2) is 12.3 Å². The van der Waals surface area contributed by atoms with Crippen molar-refractivity contribution in [2.75, 3.05) is 19.0 Å². The quantitative estimate of drug-likeness (QED) is 0.713. The molecule has 0 atom stereocenters. The van der Waals surface area contributed by atoms with E-state index >= 15 is 0 Å². The van der Waals surface area contributed by atoms with Gasteiger partial charge in [-0.15, -0.1) is 0 Å². The predicted octanol–water partition coefficient (Wildman–Crippen LogP) is 1.33. The number of anilines is 1. The monoisotopic (exact) mass is 176 g/mol. The van der Waals surface area contributed by atoms with Crippen molar-refractivity contribution in [3.8, 4) is 0 Å². The van der Waals surface area contributed by atoms with Crippen LogP contribution in [0.1, 0.15) is 5.82 Å². The fourth-order valence-corrected chi connectivity index (χ4v) is 1.37. The zero-order valence-corrected chi connectivity index (χ0v) is 8.00. The molecule has 2 heterocycles. The number of aromatic amines is 1. The molecule has 0 amide bonds. The van der Waals surface area contributed by atoms with E-state index in [0.717, 1.165) is 22.7 Å². The lowest BCUT2D eigenvalue weighted by Gasteiger charge is -2.12. The summed E-state index contributed by atoms with van der Waals surface area (Å²) < 4.78 is 0. The molecule has 2 rings (SSSR count). The van der Waals surface area contributed by atoms with Crippen LogP contribution in [0, 0.1) is 6.92 Å². The SMILES string of the molecule is Cc1nc(N(C)C)c2cc[nH]c2n1. The summed E-state index contributed by atoms with van der Waals surface area (Å²) in [6, 6.07) is 1.99. The molecule has 0 aliphatic rings. The molecule has 2 aromatic rings. The number of hydrogen-bond acceptors (Lipinski definition) is 3. The molecule has 13 heavy (non-hydrogen) atoms. The van der Waals surface area contributed by atoms with Crippen LogP contribution in [0.5, 0.6) is 0 Å². The summed E-state index contributed by atoms with van der Waals surface area (Å²) in [4.78, 5) is 13.7. The topological polar surface area (TPSA) is 44.8 Å². The Morgan fingerprint density at radius 1 is 1.31 bits per heavy atom. The second-order valence-corrected chi connectivity index (χ2v) is 3.23. The van der Waals surface area contributed by atoms with E-state index in [-0.39, 0.29) is 0 Å². The average molecular weight is 176 g/mol. The van der Waals surface area contributed by atoms with Crippen LogP contribution < -0.4 is 4.90 Å². The van der Waals surface area contributed by atoms with Gasteiger partial charge in [-0.1, -0.05) is 0 Å². The molecule has 0 saturated heterocycles. The molecular weight excluding hydrogens is 164 g/mol. The van der Waals surface area contributed by atoms with Crippen molar-refractivity contribution in [1.82, 2.24) is 15.0 Å². The summed E-state index contributed by atoms with van der Waals surface area (Å²) in [6.45, 7) is 1.90. The van der Waals surface area contributed by atoms with Crippen LogP contribution in [-0.2, 0) is 0 Å². The Morgan fingerprint density at radius 2 is 2.08 bits per heavy atom. The van der Waals surface area contributed by atoms with Gasteiger partial charge in [0.15, 0.2) is 0 Å². The first-order chi connectivity index (χ1) is 6.18. The molecule has 4 nitrogen and oxygen atoms in total. The number of H-pyrrole nitrogens is 1. The van der Waals surface area contributed by atoms with Crippen molar-refractivity contribution in [2.45, 2.75) is 6.92 Å². The second kappa shape index (κ2) is 2.73. The second-order valence-electron chi connectivity index (χ2n) is 3.23. The Hall–Kier alpha value is -1.58. The highest BCUT2D eigenvalue weighted by molar-refractivity contribution is 5.87. The van der Waals surface area contributed by atoms with Crippen LogP contribution in [0.25, 0.3) is 11.0 Å². The first kappa shape index (κ1) is 8.04. The van der Waals surface area contributed by atoms with Gasteiger partial charge < -0.3 is 9.88 Å². The lowest BCUT2D eigenvalue weighted by atomic mass is 10.3. The molecule has 0 aliphatic heterocycles. The first-order valence-corrected chi connectivity index (χ1v) is 4.17. The maximum Gasteiger partial charge on any atom is 0.143 e. The highest BCUT2D eigenvalue weighted by Gasteiger charge is 2.07. The zero-order valence-electron chi connectivity index (χ0n) is 8.00. The van der Waals surface area contributed by atoms with Gasteiger partial charge in [-0.25, -0.2) is 9.97 Å². The van der Waals surface area contributed by atoms with Crippen LogP contribution >= 0.6 is 0 Å². The number of nitrogens with one attached hydrogen (secondary N) is 1. The third kappa shape index (κ3) is 1.24. The number of aromatic nitrogens is 3. The molecule has 1 N–H and O–H groups in total. The first-order valence-electron chi connectivity index (χ1n) is 4.17. The molecular formula is C9H12N4. The third-order valence-corrected chi connectivity index (χ3v) is 1.93. The molecule has 0 aromatic carbocycles. The fourth-order valence-electron chi connectivity index (χ4n) is 1.37. The minimum atomic E-state index is 0.790. The van der Waals surface area contributed by atoms with Crippen molar-refractivity contribution in [3.63, 3.8) is 0 Å². The molecule has 0 aliphatic carbocycles. The number of aryl methyl sites for hydroxylation is 1. The third-order valence-electron chi connectivity index (χ3n) is 1.93. The minimum absolute atomic E-state index is 0.790. The van der Waals surface area contributed by atoms with Crippen LogP contribution in [0.4, 0.5) is 5.82 Å². The number of nitrogens with zero attached hydrogens (tertiary/aromatic N) is 3.